The molecule has 0 fully saturated rings. The molecule has 146 valence electrons. The molecule has 8 heteroatoms. The molecule has 0 spiro atoms. The van der Waals surface area contributed by atoms with Gasteiger partial charge in [0.2, 0.25) is 0 Å². The van der Waals surface area contributed by atoms with Crippen molar-refractivity contribution in [3.8, 4) is 22.9 Å². The Morgan fingerprint density at radius 2 is 1.93 bits per heavy atom. The van der Waals surface area contributed by atoms with Crippen molar-refractivity contribution in [2.75, 3.05) is 6.26 Å². The van der Waals surface area contributed by atoms with Crippen molar-refractivity contribution in [3.63, 3.8) is 0 Å². The smallest absolute Gasteiger partial charge is 0.343 e. The van der Waals surface area contributed by atoms with Gasteiger partial charge in [0.1, 0.15) is 22.9 Å². The highest BCUT2D eigenvalue weighted by Crippen LogP contribution is 2.26. The van der Waals surface area contributed by atoms with E-state index in [0.717, 1.165) is 5.56 Å². The maximum atomic E-state index is 12.7. The predicted octanol–water partition coefficient (Wildman–Crippen LogP) is 4.78. The van der Waals surface area contributed by atoms with E-state index in [1.165, 1.54) is 11.8 Å². The van der Waals surface area contributed by atoms with Crippen LogP contribution < -0.4 is 0 Å². The Morgan fingerprint density at radius 1 is 1.10 bits per heavy atom. The summed E-state index contributed by atoms with van der Waals surface area (Å²) in [6.07, 6.45) is 3.39. The predicted molar refractivity (Wildman–Crippen MR) is 107 cm³/mol. The highest BCUT2D eigenvalue weighted by atomic mass is 32.2. The average molecular weight is 407 g/mol. The summed E-state index contributed by atoms with van der Waals surface area (Å²) in [7, 11) is 0. The van der Waals surface area contributed by atoms with Crippen LogP contribution in [0, 0.1) is 6.92 Å². The van der Waals surface area contributed by atoms with Crippen molar-refractivity contribution in [1.82, 2.24) is 15.1 Å². The minimum Gasteiger partial charge on any atom is -0.461 e. The van der Waals surface area contributed by atoms with Crippen LogP contribution in [0.4, 0.5) is 0 Å². The Balaban J connectivity index is 1.51. The van der Waals surface area contributed by atoms with Crippen LogP contribution in [0.2, 0.25) is 0 Å². The van der Waals surface area contributed by atoms with Gasteiger partial charge in [-0.1, -0.05) is 35.5 Å². The van der Waals surface area contributed by atoms with E-state index in [1.807, 2.05) is 36.6 Å². The van der Waals surface area contributed by atoms with Crippen LogP contribution in [0.1, 0.15) is 21.7 Å². The van der Waals surface area contributed by atoms with Crippen LogP contribution in [-0.2, 0) is 11.3 Å². The van der Waals surface area contributed by atoms with Gasteiger partial charge in [-0.2, -0.15) is 0 Å². The molecular weight excluding hydrogens is 390 g/mol. The number of aryl methyl sites for hydroxylation is 1. The fourth-order valence-corrected chi connectivity index (χ4v) is 3.39. The third-order valence-electron chi connectivity index (χ3n) is 4.16. The first-order valence-electron chi connectivity index (χ1n) is 8.80. The number of ether oxygens (including phenoxy) is 1. The summed E-state index contributed by atoms with van der Waals surface area (Å²) >= 11 is 1.34. The topological polar surface area (TPSA) is 91.2 Å². The molecule has 0 amide bonds. The lowest BCUT2D eigenvalue weighted by molar-refractivity contribution is 0.0457. The number of rotatable bonds is 6. The Morgan fingerprint density at radius 3 is 2.66 bits per heavy atom. The maximum absolute atomic E-state index is 12.7. The van der Waals surface area contributed by atoms with Crippen LogP contribution in [0.5, 0.6) is 0 Å². The molecule has 29 heavy (non-hydrogen) atoms. The van der Waals surface area contributed by atoms with Crippen molar-refractivity contribution in [1.29, 1.82) is 0 Å². The van der Waals surface area contributed by atoms with Gasteiger partial charge in [-0.15, -0.1) is 11.8 Å². The minimum atomic E-state index is -0.512. The van der Waals surface area contributed by atoms with E-state index in [4.69, 9.17) is 13.7 Å². The molecule has 1 aromatic carbocycles. The quantitative estimate of drug-likeness (QED) is 0.256. The zero-order chi connectivity index (χ0) is 20.2. The highest BCUT2D eigenvalue weighted by Gasteiger charge is 2.21. The molecule has 3 heterocycles. The molecule has 0 aliphatic carbocycles. The van der Waals surface area contributed by atoms with Gasteiger partial charge in [-0.3, -0.25) is 0 Å². The lowest BCUT2D eigenvalue weighted by atomic mass is 10.2. The Kier molecular flexibility index (Phi) is 5.44. The first kappa shape index (κ1) is 18.9. The van der Waals surface area contributed by atoms with Crippen LogP contribution >= 0.6 is 11.8 Å². The van der Waals surface area contributed by atoms with Gasteiger partial charge >= 0.3 is 5.97 Å². The summed E-state index contributed by atoms with van der Waals surface area (Å²) in [6, 6.07) is 14.9. The molecule has 0 saturated heterocycles. The monoisotopic (exact) mass is 407 g/mol. The fourth-order valence-electron chi connectivity index (χ4n) is 2.78. The lowest BCUT2D eigenvalue weighted by Gasteiger charge is -2.10. The molecule has 0 saturated carbocycles. The normalized spacial score (nSPS) is 10.8. The number of benzene rings is 1. The highest BCUT2D eigenvalue weighted by molar-refractivity contribution is 7.98. The van der Waals surface area contributed by atoms with Crippen molar-refractivity contribution < 1.29 is 18.5 Å². The number of esters is 1. The number of hydrogen-bond donors (Lipinski definition) is 0. The molecule has 0 unspecified atom stereocenters. The van der Waals surface area contributed by atoms with E-state index < -0.39 is 5.97 Å². The second-order valence-electron chi connectivity index (χ2n) is 6.12. The lowest BCUT2D eigenvalue weighted by Crippen LogP contribution is -2.12. The molecule has 0 bridgehead atoms. The van der Waals surface area contributed by atoms with E-state index in [2.05, 4.69) is 15.1 Å². The van der Waals surface area contributed by atoms with Crippen LogP contribution in [0.3, 0.4) is 0 Å². The van der Waals surface area contributed by atoms with E-state index in [9.17, 15) is 4.79 Å². The summed E-state index contributed by atoms with van der Waals surface area (Å²) < 4.78 is 16.1. The van der Waals surface area contributed by atoms with Crippen molar-refractivity contribution in [2.45, 2.75) is 18.6 Å². The number of nitrogens with zero attached hydrogens (tertiary/aromatic N) is 3. The van der Waals surface area contributed by atoms with Crippen molar-refractivity contribution in [3.05, 3.63) is 71.7 Å². The third-order valence-corrected chi connectivity index (χ3v) is 4.85. The molecule has 0 radical (unpaired) electrons. The second-order valence-corrected chi connectivity index (χ2v) is 6.91. The molecule has 7 nitrogen and oxygen atoms in total. The Bertz CT molecular complexity index is 1120. The summed E-state index contributed by atoms with van der Waals surface area (Å²) in [5.74, 6) is 1.07. The second kappa shape index (κ2) is 8.32. The number of aromatic nitrogens is 3. The van der Waals surface area contributed by atoms with E-state index in [1.54, 1.807) is 31.4 Å². The van der Waals surface area contributed by atoms with Gasteiger partial charge in [0.15, 0.2) is 17.3 Å². The number of thioether (sulfide) groups is 1. The van der Waals surface area contributed by atoms with E-state index in [0.29, 0.717) is 39.3 Å². The van der Waals surface area contributed by atoms with Crippen molar-refractivity contribution in [2.24, 2.45) is 0 Å². The van der Waals surface area contributed by atoms with Gasteiger partial charge < -0.3 is 13.7 Å². The van der Waals surface area contributed by atoms with Gasteiger partial charge in [0, 0.05) is 11.6 Å². The zero-order valence-corrected chi connectivity index (χ0v) is 16.6. The molecule has 0 N–H and O–H groups in total. The molecule has 0 aliphatic heterocycles. The number of carbonyl (C=O) groups is 1. The zero-order valence-electron chi connectivity index (χ0n) is 15.8. The third kappa shape index (κ3) is 4.07. The van der Waals surface area contributed by atoms with Crippen LogP contribution in [0.15, 0.2) is 68.8 Å². The summed E-state index contributed by atoms with van der Waals surface area (Å²) in [6.45, 7) is 1.73. The Hall–Kier alpha value is -3.39. The molecule has 4 aromatic rings. The van der Waals surface area contributed by atoms with Crippen LogP contribution in [0.25, 0.3) is 22.9 Å². The Labute approximate surface area is 171 Å². The van der Waals surface area contributed by atoms with Crippen molar-refractivity contribution >= 4 is 17.7 Å². The summed E-state index contributed by atoms with van der Waals surface area (Å²) in [5, 5.41) is 4.50. The fraction of sp³-hybridized carbons (Fsp3) is 0.143. The SMILES string of the molecule is CSc1nc(-c2ccco2)nc(C)c1C(=O)OCc1cc(-c2ccccc2)on1. The standard InChI is InChI=1S/C21H17N3O4S/c1-13-18(20(29-2)23-19(22-13)16-9-6-10-26-16)21(25)27-12-15-11-17(28-24-15)14-7-4-3-5-8-14/h3-11H,12H2,1-2H3. The van der Waals surface area contributed by atoms with Gasteiger partial charge in [0.05, 0.1) is 12.0 Å². The van der Waals surface area contributed by atoms with Gasteiger partial charge in [-0.05, 0) is 25.3 Å². The van der Waals surface area contributed by atoms with E-state index >= 15 is 0 Å². The van der Waals surface area contributed by atoms with Gasteiger partial charge in [-0.25, -0.2) is 14.8 Å². The van der Waals surface area contributed by atoms with Gasteiger partial charge in [0.25, 0.3) is 0 Å². The maximum Gasteiger partial charge on any atom is 0.343 e. The minimum absolute atomic E-state index is 0.0115. The molecule has 0 atom stereocenters. The molecule has 4 rings (SSSR count). The molecule has 3 aromatic heterocycles. The van der Waals surface area contributed by atoms with E-state index in [-0.39, 0.29) is 6.61 Å². The van der Waals surface area contributed by atoms with Crippen LogP contribution in [-0.4, -0.2) is 27.3 Å². The first-order valence-corrected chi connectivity index (χ1v) is 10.0. The summed E-state index contributed by atoms with van der Waals surface area (Å²) in [5.41, 5.74) is 2.28. The number of hydrogen-bond acceptors (Lipinski definition) is 8. The largest absolute Gasteiger partial charge is 0.461 e. The molecular formula is C21H17N3O4S. The summed E-state index contributed by atoms with van der Waals surface area (Å²) in [4.78, 5) is 21.5. The molecule has 0 aliphatic rings. The average Bonchev–Trinajstić information content (AvgIpc) is 3.44. The first-order chi connectivity index (χ1) is 14.2. The number of furan rings is 1. The number of carbonyl (C=O) groups excluding carboxylic acids is 1.